The van der Waals surface area contributed by atoms with Gasteiger partial charge >= 0.3 is 0 Å². The zero-order chi connectivity index (χ0) is 10.4. The maximum Gasteiger partial charge on any atom is 0.246 e. The van der Waals surface area contributed by atoms with Gasteiger partial charge in [-0.15, -0.1) is 0 Å². The van der Waals surface area contributed by atoms with Gasteiger partial charge in [0.1, 0.15) is 0 Å². The fourth-order valence-corrected chi connectivity index (χ4v) is 1.42. The van der Waals surface area contributed by atoms with Crippen LogP contribution in [0.3, 0.4) is 0 Å². The first-order valence-corrected chi connectivity index (χ1v) is 5.01. The normalized spacial score (nSPS) is 19.7. The third kappa shape index (κ3) is 1.43. The van der Waals surface area contributed by atoms with Gasteiger partial charge < -0.3 is 9.84 Å². The Balaban J connectivity index is 2.27. The lowest BCUT2D eigenvalue weighted by molar-refractivity contribution is 0.321. The second-order valence-corrected chi connectivity index (χ2v) is 5.01. The standard InChI is InChI=1S/C10H17N3O/c1-9(2,3)7-12-8(14-13-7)10(11-4)5-6-10/h11H,5-6H2,1-4H3. The molecule has 4 heteroatoms. The first-order valence-electron chi connectivity index (χ1n) is 5.01. The molecule has 4 nitrogen and oxygen atoms in total. The van der Waals surface area contributed by atoms with Gasteiger partial charge in [-0.25, -0.2) is 0 Å². The molecule has 1 aromatic rings. The molecule has 0 atom stereocenters. The van der Waals surface area contributed by atoms with E-state index in [1.807, 2.05) is 7.05 Å². The SMILES string of the molecule is CNC1(c2nc(C(C)(C)C)no2)CC1. The van der Waals surface area contributed by atoms with E-state index in [0.29, 0.717) is 0 Å². The Labute approximate surface area is 84.1 Å². The molecule has 0 amide bonds. The molecular weight excluding hydrogens is 178 g/mol. The summed E-state index contributed by atoms with van der Waals surface area (Å²) < 4.78 is 5.29. The van der Waals surface area contributed by atoms with E-state index in [9.17, 15) is 0 Å². The van der Waals surface area contributed by atoms with E-state index < -0.39 is 0 Å². The first-order chi connectivity index (χ1) is 6.48. The van der Waals surface area contributed by atoms with E-state index in [1.165, 1.54) is 0 Å². The summed E-state index contributed by atoms with van der Waals surface area (Å²) in [6, 6.07) is 0. The van der Waals surface area contributed by atoms with E-state index in [1.54, 1.807) is 0 Å². The van der Waals surface area contributed by atoms with Crippen molar-refractivity contribution < 1.29 is 4.52 Å². The van der Waals surface area contributed by atoms with Crippen LogP contribution in [0, 0.1) is 0 Å². The van der Waals surface area contributed by atoms with Crippen molar-refractivity contribution in [2.45, 2.75) is 44.6 Å². The van der Waals surface area contributed by atoms with Gasteiger partial charge in [0.2, 0.25) is 5.89 Å². The molecule has 1 aliphatic carbocycles. The molecule has 78 valence electrons. The summed E-state index contributed by atoms with van der Waals surface area (Å²) in [5, 5.41) is 7.25. The number of hydrogen-bond acceptors (Lipinski definition) is 4. The summed E-state index contributed by atoms with van der Waals surface area (Å²) in [6.07, 6.45) is 2.19. The van der Waals surface area contributed by atoms with E-state index in [0.717, 1.165) is 24.6 Å². The predicted molar refractivity (Wildman–Crippen MR) is 53.0 cm³/mol. The maximum absolute atomic E-state index is 5.29. The molecule has 1 N–H and O–H groups in total. The Morgan fingerprint density at radius 1 is 1.36 bits per heavy atom. The molecule has 0 spiro atoms. The number of rotatable bonds is 2. The highest BCUT2D eigenvalue weighted by Gasteiger charge is 2.48. The maximum atomic E-state index is 5.29. The summed E-state index contributed by atoms with van der Waals surface area (Å²) in [5.41, 5.74) is -0.0535. The Morgan fingerprint density at radius 3 is 2.36 bits per heavy atom. The summed E-state index contributed by atoms with van der Waals surface area (Å²) in [4.78, 5) is 4.45. The highest BCUT2D eigenvalue weighted by molar-refractivity contribution is 5.14. The van der Waals surface area contributed by atoms with E-state index in [2.05, 4.69) is 36.2 Å². The van der Waals surface area contributed by atoms with Crippen LogP contribution in [0.5, 0.6) is 0 Å². The van der Waals surface area contributed by atoms with Crippen molar-refractivity contribution >= 4 is 0 Å². The minimum absolute atomic E-state index is 0.0174. The summed E-state index contributed by atoms with van der Waals surface area (Å²) >= 11 is 0. The third-order valence-electron chi connectivity index (χ3n) is 2.73. The highest BCUT2D eigenvalue weighted by atomic mass is 16.5. The second kappa shape index (κ2) is 2.79. The second-order valence-electron chi connectivity index (χ2n) is 5.01. The van der Waals surface area contributed by atoms with Crippen LogP contribution < -0.4 is 5.32 Å². The molecule has 1 aliphatic rings. The van der Waals surface area contributed by atoms with Crippen molar-refractivity contribution in [2.75, 3.05) is 7.05 Å². The number of nitrogens with one attached hydrogen (secondary N) is 1. The van der Waals surface area contributed by atoms with Crippen LogP contribution in [0.4, 0.5) is 0 Å². The predicted octanol–water partition coefficient (Wildman–Crippen LogP) is 1.58. The number of aromatic nitrogens is 2. The van der Waals surface area contributed by atoms with Crippen LogP contribution in [0.25, 0.3) is 0 Å². The molecule has 14 heavy (non-hydrogen) atoms. The lowest BCUT2D eigenvalue weighted by Crippen LogP contribution is -2.25. The molecule has 1 aromatic heterocycles. The molecule has 1 saturated carbocycles. The fraction of sp³-hybridized carbons (Fsp3) is 0.800. The van der Waals surface area contributed by atoms with Crippen LogP contribution in [0.15, 0.2) is 4.52 Å². The van der Waals surface area contributed by atoms with E-state index >= 15 is 0 Å². The van der Waals surface area contributed by atoms with E-state index in [-0.39, 0.29) is 11.0 Å². The van der Waals surface area contributed by atoms with Gasteiger partial charge in [0, 0.05) is 5.41 Å². The fourth-order valence-electron chi connectivity index (χ4n) is 1.42. The van der Waals surface area contributed by atoms with Gasteiger partial charge in [-0.2, -0.15) is 4.98 Å². The van der Waals surface area contributed by atoms with E-state index in [4.69, 9.17) is 4.52 Å². The summed E-state index contributed by atoms with van der Waals surface area (Å²) in [5.74, 6) is 1.53. The molecule has 2 rings (SSSR count). The molecule has 1 heterocycles. The van der Waals surface area contributed by atoms with Crippen molar-refractivity contribution in [1.82, 2.24) is 15.5 Å². The van der Waals surface area contributed by atoms with Gasteiger partial charge in [-0.05, 0) is 19.9 Å². The quantitative estimate of drug-likeness (QED) is 0.778. The Morgan fingerprint density at radius 2 is 2.00 bits per heavy atom. The van der Waals surface area contributed by atoms with Crippen molar-refractivity contribution in [2.24, 2.45) is 0 Å². The third-order valence-corrected chi connectivity index (χ3v) is 2.73. The monoisotopic (exact) mass is 195 g/mol. The minimum Gasteiger partial charge on any atom is -0.337 e. The Bertz CT molecular complexity index is 333. The molecule has 0 saturated heterocycles. The van der Waals surface area contributed by atoms with Gasteiger partial charge in [0.25, 0.3) is 0 Å². The lowest BCUT2D eigenvalue weighted by atomic mass is 9.96. The highest BCUT2D eigenvalue weighted by Crippen LogP contribution is 2.44. The van der Waals surface area contributed by atoms with Gasteiger partial charge in [0.15, 0.2) is 5.82 Å². The van der Waals surface area contributed by atoms with Crippen molar-refractivity contribution in [3.63, 3.8) is 0 Å². The Hall–Kier alpha value is -0.900. The van der Waals surface area contributed by atoms with Gasteiger partial charge in [0.05, 0.1) is 5.54 Å². The number of hydrogen-bond donors (Lipinski definition) is 1. The van der Waals surface area contributed by atoms with Gasteiger partial charge in [-0.3, -0.25) is 0 Å². The average molecular weight is 195 g/mol. The summed E-state index contributed by atoms with van der Waals surface area (Å²) in [6.45, 7) is 6.25. The van der Waals surface area contributed by atoms with Gasteiger partial charge in [-0.1, -0.05) is 25.9 Å². The van der Waals surface area contributed by atoms with Crippen LogP contribution in [0.1, 0.15) is 45.3 Å². The zero-order valence-corrected chi connectivity index (χ0v) is 9.22. The molecule has 0 radical (unpaired) electrons. The summed E-state index contributed by atoms with van der Waals surface area (Å²) in [7, 11) is 1.94. The largest absolute Gasteiger partial charge is 0.337 e. The molecule has 0 unspecified atom stereocenters. The smallest absolute Gasteiger partial charge is 0.246 e. The van der Waals surface area contributed by atoms with Crippen LogP contribution in [-0.2, 0) is 11.0 Å². The van der Waals surface area contributed by atoms with Crippen LogP contribution >= 0.6 is 0 Å². The van der Waals surface area contributed by atoms with Crippen molar-refractivity contribution in [3.05, 3.63) is 11.7 Å². The molecule has 0 bridgehead atoms. The first kappa shape index (κ1) is 9.65. The van der Waals surface area contributed by atoms with Crippen molar-refractivity contribution in [1.29, 1.82) is 0 Å². The average Bonchev–Trinajstić information content (AvgIpc) is 2.73. The van der Waals surface area contributed by atoms with Crippen LogP contribution in [0.2, 0.25) is 0 Å². The topological polar surface area (TPSA) is 51.0 Å². The molecule has 0 aromatic carbocycles. The molecule has 1 fully saturated rings. The van der Waals surface area contributed by atoms with Crippen molar-refractivity contribution in [3.8, 4) is 0 Å². The molecular formula is C10H17N3O. The number of nitrogens with zero attached hydrogens (tertiary/aromatic N) is 2. The minimum atomic E-state index is -0.0361. The van der Waals surface area contributed by atoms with Crippen LogP contribution in [-0.4, -0.2) is 17.2 Å². The molecule has 0 aliphatic heterocycles. The Kier molecular flexibility index (Phi) is 1.93. The lowest BCUT2D eigenvalue weighted by Gasteiger charge is -2.11. The zero-order valence-electron chi connectivity index (χ0n) is 9.22.